The number of benzene rings is 1. The number of imide groups is 1. The number of nitrogens with one attached hydrogen (secondary N) is 2. The molecule has 0 bridgehead atoms. The molecule has 4 atom stereocenters. The van der Waals surface area contributed by atoms with Crippen LogP contribution in [0.5, 0.6) is 11.5 Å². The average molecular weight is 702 g/mol. The molecule has 0 aromatic heterocycles. The number of aliphatic hydroxyl groups is 1. The first-order valence-electron chi connectivity index (χ1n) is 14.4. The van der Waals surface area contributed by atoms with Crippen LogP contribution in [0.2, 0.25) is 0 Å². The number of amides is 4. The van der Waals surface area contributed by atoms with E-state index in [2.05, 4.69) is 10.6 Å². The highest BCUT2D eigenvalue weighted by atomic mass is 32.2. The van der Waals surface area contributed by atoms with Gasteiger partial charge in [0.2, 0.25) is 18.1 Å². The van der Waals surface area contributed by atoms with Crippen LogP contribution in [0.4, 0.5) is 0 Å². The Balaban J connectivity index is 1.45. The molecule has 5 N–H and O–H groups in total. The Hall–Kier alpha value is -4.63. The number of carboxylic acid groups (broad SMARTS) is 1. The van der Waals surface area contributed by atoms with Crippen molar-refractivity contribution in [3.8, 4) is 11.5 Å². The predicted molar refractivity (Wildman–Crippen MR) is 158 cm³/mol. The van der Waals surface area contributed by atoms with E-state index in [9.17, 15) is 52.0 Å². The molecule has 0 radical (unpaired) electrons. The summed E-state index contributed by atoms with van der Waals surface area (Å²) in [6, 6.07) is 2.83. The molecular formula is C28H35N3O16S. The average Bonchev–Trinajstić information content (AvgIpc) is 3.33. The van der Waals surface area contributed by atoms with E-state index in [0.29, 0.717) is 5.56 Å². The van der Waals surface area contributed by atoms with Gasteiger partial charge in [0, 0.05) is 56.1 Å². The van der Waals surface area contributed by atoms with E-state index in [1.165, 1.54) is 12.1 Å². The third-order valence-corrected chi connectivity index (χ3v) is 7.43. The molecular weight excluding hydrogens is 666 g/mol. The number of rotatable bonds is 20. The summed E-state index contributed by atoms with van der Waals surface area (Å²) < 4.78 is 59.0. The molecule has 0 saturated carbocycles. The molecule has 19 nitrogen and oxygen atoms in total. The van der Waals surface area contributed by atoms with Gasteiger partial charge in [-0.25, -0.2) is 4.79 Å². The minimum absolute atomic E-state index is 0.0128. The maximum Gasteiger partial charge on any atom is 0.333 e. The van der Waals surface area contributed by atoms with Crippen molar-refractivity contribution in [2.24, 2.45) is 0 Å². The van der Waals surface area contributed by atoms with Crippen LogP contribution in [0.15, 0.2) is 30.4 Å². The van der Waals surface area contributed by atoms with Gasteiger partial charge in [0.05, 0.1) is 19.3 Å². The van der Waals surface area contributed by atoms with E-state index in [1.54, 1.807) is 6.07 Å². The molecule has 20 heteroatoms. The van der Waals surface area contributed by atoms with Crippen molar-refractivity contribution in [2.75, 3.05) is 38.7 Å². The molecule has 1 aromatic rings. The lowest BCUT2D eigenvalue weighted by molar-refractivity contribution is -0.195. The maximum absolute atomic E-state index is 12.6. The molecule has 264 valence electrons. The van der Waals surface area contributed by atoms with Crippen LogP contribution in [0.3, 0.4) is 0 Å². The summed E-state index contributed by atoms with van der Waals surface area (Å²) in [6.07, 6.45) is -1.65. The van der Waals surface area contributed by atoms with Crippen molar-refractivity contribution in [2.45, 2.75) is 50.4 Å². The second-order valence-corrected chi connectivity index (χ2v) is 11.8. The molecule has 0 aliphatic carbocycles. The maximum atomic E-state index is 12.6. The van der Waals surface area contributed by atoms with E-state index in [4.69, 9.17) is 23.7 Å². The van der Waals surface area contributed by atoms with Crippen LogP contribution in [0.25, 0.3) is 0 Å². The topological polar surface area (TPSA) is 271 Å². The Labute approximate surface area is 273 Å². The zero-order valence-corrected chi connectivity index (χ0v) is 26.2. The molecule has 4 amide bonds. The molecule has 3 rings (SSSR count). The Kier molecular flexibility index (Phi) is 14.2. The molecule has 2 aliphatic heterocycles. The quantitative estimate of drug-likeness (QED) is 0.0421. The van der Waals surface area contributed by atoms with Gasteiger partial charge in [0.1, 0.15) is 36.5 Å². The summed E-state index contributed by atoms with van der Waals surface area (Å²) in [5.41, 5.74) is 0.456. The second-order valence-electron chi connectivity index (χ2n) is 10.3. The first-order chi connectivity index (χ1) is 22.8. The number of carboxylic acids is 1. The van der Waals surface area contributed by atoms with Gasteiger partial charge in [0.25, 0.3) is 28.4 Å². The third-order valence-electron chi connectivity index (χ3n) is 6.68. The van der Waals surface area contributed by atoms with E-state index in [-0.39, 0.29) is 70.3 Å². The highest BCUT2D eigenvalue weighted by Gasteiger charge is 2.34. The largest absolute Gasteiger partial charge is 0.491 e. The van der Waals surface area contributed by atoms with Crippen molar-refractivity contribution in [1.82, 2.24) is 15.5 Å². The number of hydrogen-bond donors (Lipinski definition) is 5. The second kappa shape index (κ2) is 18.1. The molecule has 48 heavy (non-hydrogen) atoms. The smallest absolute Gasteiger partial charge is 0.333 e. The molecule has 2 heterocycles. The number of ether oxygens (including phenoxy) is 5. The highest BCUT2D eigenvalue weighted by Crippen LogP contribution is 2.29. The lowest BCUT2D eigenvalue weighted by atomic mass is 10.1. The fraction of sp³-hybridized carbons (Fsp3) is 0.500. The van der Waals surface area contributed by atoms with E-state index in [0.717, 1.165) is 17.1 Å². The standard InChI is InChI=1S/C28H35N3O16S/c32-16-44-14-17-1-2-19(46-26-12-18(33)11-22(47-26)28(38)39)13-21(17)45-10-9-43-8-6-29-27(37)20(15-48(40,41)42)30-23(34)5-7-31-24(35)3-4-25(31)36/h1-4,13,16,18,20,22,26,33H,5-12,14-15H2,(H,29,37)(H,30,34)(H,38,39)(H,40,41,42). The van der Waals surface area contributed by atoms with Crippen molar-refractivity contribution in [3.05, 3.63) is 35.9 Å². The van der Waals surface area contributed by atoms with Gasteiger partial charge in [-0.2, -0.15) is 8.42 Å². The number of carbonyl (C=O) groups excluding carboxylic acids is 5. The summed E-state index contributed by atoms with van der Waals surface area (Å²) in [5.74, 6) is -4.96. The molecule has 1 fully saturated rings. The number of aliphatic hydroxyl groups excluding tert-OH is 1. The van der Waals surface area contributed by atoms with Crippen molar-refractivity contribution in [3.63, 3.8) is 0 Å². The monoisotopic (exact) mass is 701 g/mol. The van der Waals surface area contributed by atoms with Gasteiger partial charge < -0.3 is 44.5 Å². The summed E-state index contributed by atoms with van der Waals surface area (Å²) in [4.78, 5) is 70.8. The Morgan fingerprint density at radius 2 is 1.83 bits per heavy atom. The summed E-state index contributed by atoms with van der Waals surface area (Å²) in [6.45, 7) is -0.459. The number of aliphatic carboxylic acids is 1. The van der Waals surface area contributed by atoms with Gasteiger partial charge in [-0.1, -0.05) is 0 Å². The SMILES string of the molecule is O=COCc1ccc(OC2CC(O)CC(C(=O)O)O2)cc1OCCOCCNC(=O)C(CS(=O)(=O)O)NC(=O)CCN1C(=O)C=CC1=O. The van der Waals surface area contributed by atoms with Crippen LogP contribution in [-0.4, -0.2) is 127 Å². The van der Waals surface area contributed by atoms with Crippen molar-refractivity contribution >= 4 is 46.2 Å². The van der Waals surface area contributed by atoms with Crippen LogP contribution >= 0.6 is 0 Å². The number of nitrogens with zero attached hydrogens (tertiary/aromatic N) is 1. The van der Waals surface area contributed by atoms with Gasteiger partial charge in [0.15, 0.2) is 6.10 Å². The van der Waals surface area contributed by atoms with Crippen LogP contribution in [-0.2, 0) is 59.7 Å². The highest BCUT2D eigenvalue weighted by molar-refractivity contribution is 7.85. The first-order valence-corrected chi connectivity index (χ1v) is 16.0. The Morgan fingerprint density at radius 3 is 2.50 bits per heavy atom. The number of carbonyl (C=O) groups is 6. The normalized spacial score (nSPS) is 19.8. The van der Waals surface area contributed by atoms with Crippen molar-refractivity contribution < 1.29 is 75.6 Å². The lowest BCUT2D eigenvalue weighted by Crippen LogP contribution is -2.51. The van der Waals surface area contributed by atoms with E-state index < -0.39 is 76.4 Å². The fourth-order valence-corrected chi connectivity index (χ4v) is 5.10. The minimum Gasteiger partial charge on any atom is -0.491 e. The predicted octanol–water partition coefficient (Wildman–Crippen LogP) is -2.11. The summed E-state index contributed by atoms with van der Waals surface area (Å²) in [5, 5.41) is 23.7. The van der Waals surface area contributed by atoms with Gasteiger partial charge in [-0.05, 0) is 12.1 Å². The van der Waals surface area contributed by atoms with Crippen molar-refractivity contribution in [1.29, 1.82) is 0 Å². The van der Waals surface area contributed by atoms with Crippen LogP contribution in [0, 0.1) is 0 Å². The molecule has 4 unspecified atom stereocenters. The Morgan fingerprint density at radius 1 is 1.10 bits per heavy atom. The van der Waals surface area contributed by atoms with E-state index in [1.807, 2.05) is 0 Å². The van der Waals surface area contributed by atoms with E-state index >= 15 is 0 Å². The molecule has 0 spiro atoms. The molecule has 1 saturated heterocycles. The zero-order valence-electron chi connectivity index (χ0n) is 25.3. The Bertz CT molecular complexity index is 1460. The fourth-order valence-electron chi connectivity index (χ4n) is 4.44. The molecule has 2 aliphatic rings. The van der Waals surface area contributed by atoms with Gasteiger partial charge in [-0.15, -0.1) is 0 Å². The zero-order chi connectivity index (χ0) is 35.3. The van der Waals surface area contributed by atoms with Crippen LogP contribution < -0.4 is 20.1 Å². The van der Waals surface area contributed by atoms with Gasteiger partial charge in [-0.3, -0.25) is 33.4 Å². The lowest BCUT2D eigenvalue weighted by Gasteiger charge is -2.31. The summed E-state index contributed by atoms with van der Waals surface area (Å²) >= 11 is 0. The third kappa shape index (κ3) is 12.5. The minimum atomic E-state index is -4.69. The first kappa shape index (κ1) is 37.8. The summed E-state index contributed by atoms with van der Waals surface area (Å²) in [7, 11) is -4.69. The number of hydrogen-bond acceptors (Lipinski definition) is 14. The molecule has 1 aromatic carbocycles. The van der Waals surface area contributed by atoms with Crippen LogP contribution in [0.1, 0.15) is 24.8 Å². The van der Waals surface area contributed by atoms with Gasteiger partial charge >= 0.3 is 5.97 Å².